The third-order valence-corrected chi connectivity index (χ3v) is 3.99. The quantitative estimate of drug-likeness (QED) is 0.800. The van der Waals surface area contributed by atoms with Crippen molar-refractivity contribution in [1.82, 2.24) is 19.1 Å². The summed E-state index contributed by atoms with van der Waals surface area (Å²) in [6.07, 6.45) is 0.787. The van der Waals surface area contributed by atoms with E-state index in [4.69, 9.17) is 5.11 Å². The molecule has 20 heavy (non-hydrogen) atoms. The fourth-order valence-electron chi connectivity index (χ4n) is 2.15. The topological polar surface area (TPSA) is 80.9 Å². The molecule has 2 heterocycles. The SMILES string of the molecule is CCc1nnsc1-c1nc2cc(C(=O)O)ccc2n1C. The monoisotopic (exact) mass is 288 g/mol. The largest absolute Gasteiger partial charge is 0.478 e. The van der Waals surface area contributed by atoms with Crippen LogP contribution in [0.4, 0.5) is 0 Å². The molecule has 0 aliphatic heterocycles. The van der Waals surface area contributed by atoms with Crippen LogP contribution in [0, 0.1) is 0 Å². The summed E-state index contributed by atoms with van der Waals surface area (Å²) in [6.45, 7) is 2.02. The van der Waals surface area contributed by atoms with Crippen LogP contribution in [0.25, 0.3) is 21.7 Å². The van der Waals surface area contributed by atoms with Crippen molar-refractivity contribution in [2.24, 2.45) is 7.05 Å². The number of benzene rings is 1. The summed E-state index contributed by atoms with van der Waals surface area (Å²) >= 11 is 1.31. The second-order valence-electron chi connectivity index (χ2n) is 4.41. The van der Waals surface area contributed by atoms with Crippen LogP contribution < -0.4 is 0 Å². The molecule has 0 amide bonds. The molecule has 0 unspecified atom stereocenters. The van der Waals surface area contributed by atoms with Crippen LogP contribution in [0.1, 0.15) is 23.0 Å². The van der Waals surface area contributed by atoms with Crippen molar-refractivity contribution in [3.8, 4) is 10.7 Å². The Hall–Kier alpha value is -2.28. The van der Waals surface area contributed by atoms with Crippen LogP contribution in [0.5, 0.6) is 0 Å². The number of carbonyl (C=O) groups is 1. The lowest BCUT2D eigenvalue weighted by atomic mass is 10.2. The van der Waals surface area contributed by atoms with E-state index in [1.165, 1.54) is 11.5 Å². The van der Waals surface area contributed by atoms with E-state index in [2.05, 4.69) is 14.6 Å². The van der Waals surface area contributed by atoms with Gasteiger partial charge >= 0.3 is 5.97 Å². The van der Waals surface area contributed by atoms with Crippen LogP contribution in [0.3, 0.4) is 0 Å². The smallest absolute Gasteiger partial charge is 0.335 e. The maximum Gasteiger partial charge on any atom is 0.335 e. The second-order valence-corrected chi connectivity index (χ2v) is 5.16. The van der Waals surface area contributed by atoms with Crippen molar-refractivity contribution >= 4 is 28.5 Å². The van der Waals surface area contributed by atoms with Gasteiger partial charge < -0.3 is 9.67 Å². The number of aryl methyl sites for hydroxylation is 2. The first-order chi connectivity index (χ1) is 9.61. The molecule has 0 aliphatic carbocycles. The summed E-state index contributed by atoms with van der Waals surface area (Å²) in [5.41, 5.74) is 2.70. The van der Waals surface area contributed by atoms with Crippen LogP contribution in [-0.4, -0.2) is 30.2 Å². The molecule has 2 aromatic heterocycles. The molecular formula is C13H12N4O2S. The van der Waals surface area contributed by atoms with Crippen molar-refractivity contribution < 1.29 is 9.90 Å². The third kappa shape index (κ3) is 1.87. The normalized spacial score (nSPS) is 11.1. The Morgan fingerprint density at radius 2 is 2.25 bits per heavy atom. The maximum absolute atomic E-state index is 11.0. The molecular weight excluding hydrogens is 276 g/mol. The highest BCUT2D eigenvalue weighted by molar-refractivity contribution is 7.09. The second kappa shape index (κ2) is 4.68. The van der Waals surface area contributed by atoms with E-state index in [1.807, 2.05) is 18.5 Å². The fraction of sp³-hybridized carbons (Fsp3) is 0.231. The molecule has 0 aliphatic rings. The Morgan fingerprint density at radius 3 is 2.95 bits per heavy atom. The minimum atomic E-state index is -0.951. The van der Waals surface area contributed by atoms with Gasteiger partial charge in [-0.3, -0.25) is 0 Å². The van der Waals surface area contributed by atoms with E-state index < -0.39 is 5.97 Å². The number of hydrogen-bond donors (Lipinski definition) is 1. The lowest BCUT2D eigenvalue weighted by Gasteiger charge is -2.00. The number of nitrogens with zero attached hydrogens (tertiary/aromatic N) is 4. The van der Waals surface area contributed by atoms with Crippen molar-refractivity contribution in [3.63, 3.8) is 0 Å². The molecule has 6 nitrogen and oxygen atoms in total. The van der Waals surface area contributed by atoms with E-state index in [0.717, 1.165) is 28.3 Å². The first-order valence-electron chi connectivity index (χ1n) is 6.13. The fourth-order valence-corrected chi connectivity index (χ4v) is 2.92. The molecule has 3 rings (SSSR count). The van der Waals surface area contributed by atoms with Gasteiger partial charge in [-0.1, -0.05) is 11.4 Å². The summed E-state index contributed by atoms with van der Waals surface area (Å²) in [6, 6.07) is 4.94. The number of hydrogen-bond acceptors (Lipinski definition) is 5. The minimum Gasteiger partial charge on any atom is -0.478 e. The molecule has 0 radical (unpaired) electrons. The zero-order chi connectivity index (χ0) is 14.3. The van der Waals surface area contributed by atoms with Gasteiger partial charge in [0.25, 0.3) is 0 Å². The predicted octanol–water partition coefficient (Wildman–Crippen LogP) is 2.35. The highest BCUT2D eigenvalue weighted by atomic mass is 32.1. The van der Waals surface area contributed by atoms with Gasteiger partial charge in [0.05, 0.1) is 22.3 Å². The molecule has 0 saturated heterocycles. The van der Waals surface area contributed by atoms with Gasteiger partial charge in [-0.05, 0) is 36.2 Å². The molecule has 1 N–H and O–H groups in total. The maximum atomic E-state index is 11.0. The number of carboxylic acids is 1. The van der Waals surface area contributed by atoms with Crippen LogP contribution >= 0.6 is 11.5 Å². The average molecular weight is 288 g/mol. The summed E-state index contributed by atoms with van der Waals surface area (Å²) in [5.74, 6) is -0.179. The van der Waals surface area contributed by atoms with Gasteiger partial charge in [-0.2, -0.15) is 0 Å². The summed E-state index contributed by atoms with van der Waals surface area (Å²) < 4.78 is 5.91. The molecule has 0 spiro atoms. The molecule has 102 valence electrons. The highest BCUT2D eigenvalue weighted by Gasteiger charge is 2.17. The zero-order valence-electron chi connectivity index (χ0n) is 11.0. The number of imidazole rings is 1. The van der Waals surface area contributed by atoms with Gasteiger partial charge in [-0.25, -0.2) is 9.78 Å². The van der Waals surface area contributed by atoms with E-state index in [0.29, 0.717) is 5.52 Å². The first-order valence-corrected chi connectivity index (χ1v) is 6.90. The Morgan fingerprint density at radius 1 is 1.45 bits per heavy atom. The highest BCUT2D eigenvalue weighted by Crippen LogP contribution is 2.28. The van der Waals surface area contributed by atoms with Crippen LogP contribution in [0.2, 0.25) is 0 Å². The van der Waals surface area contributed by atoms with Gasteiger partial charge in [0.15, 0.2) is 5.82 Å². The zero-order valence-corrected chi connectivity index (χ0v) is 11.8. The van der Waals surface area contributed by atoms with E-state index >= 15 is 0 Å². The Kier molecular flexibility index (Phi) is 2.98. The lowest BCUT2D eigenvalue weighted by molar-refractivity contribution is 0.0697. The van der Waals surface area contributed by atoms with Gasteiger partial charge in [0.1, 0.15) is 4.88 Å². The number of aromatic nitrogens is 4. The molecule has 7 heteroatoms. The van der Waals surface area contributed by atoms with Gasteiger partial charge in [-0.15, -0.1) is 5.10 Å². The minimum absolute atomic E-state index is 0.236. The standard InChI is InChI=1S/C13H12N4O2S/c1-3-8-11(20-16-15-8)12-14-9-6-7(13(18)19)4-5-10(9)17(12)2/h4-6H,3H2,1-2H3,(H,18,19). The van der Waals surface area contributed by atoms with Crippen molar-refractivity contribution in [2.75, 3.05) is 0 Å². The lowest BCUT2D eigenvalue weighted by Crippen LogP contribution is -1.96. The Labute approximate surface area is 118 Å². The average Bonchev–Trinajstić information content (AvgIpc) is 3.02. The van der Waals surface area contributed by atoms with Gasteiger partial charge in [0.2, 0.25) is 0 Å². The number of rotatable bonds is 3. The third-order valence-electron chi connectivity index (χ3n) is 3.22. The van der Waals surface area contributed by atoms with E-state index in [1.54, 1.807) is 18.2 Å². The van der Waals surface area contributed by atoms with Gasteiger partial charge in [0, 0.05) is 7.05 Å². The van der Waals surface area contributed by atoms with Crippen LogP contribution in [-0.2, 0) is 13.5 Å². The number of fused-ring (bicyclic) bond motifs is 1. The first kappa shape index (κ1) is 12.7. The Balaban J connectivity index is 2.22. The van der Waals surface area contributed by atoms with Crippen LogP contribution in [0.15, 0.2) is 18.2 Å². The van der Waals surface area contributed by atoms with E-state index in [-0.39, 0.29) is 5.56 Å². The predicted molar refractivity (Wildman–Crippen MR) is 76.0 cm³/mol. The molecule has 0 atom stereocenters. The summed E-state index contributed by atoms with van der Waals surface area (Å²) in [5, 5.41) is 13.1. The summed E-state index contributed by atoms with van der Waals surface area (Å²) in [7, 11) is 1.91. The molecule has 3 aromatic rings. The van der Waals surface area contributed by atoms with Crippen molar-refractivity contribution in [1.29, 1.82) is 0 Å². The molecule has 1 aromatic carbocycles. The molecule has 0 bridgehead atoms. The van der Waals surface area contributed by atoms with Crippen molar-refractivity contribution in [2.45, 2.75) is 13.3 Å². The molecule has 0 fully saturated rings. The summed E-state index contributed by atoms with van der Waals surface area (Å²) in [4.78, 5) is 16.5. The number of carboxylic acid groups (broad SMARTS) is 1. The number of aromatic carboxylic acids is 1. The van der Waals surface area contributed by atoms with E-state index in [9.17, 15) is 4.79 Å². The Bertz CT molecular complexity index is 806. The van der Waals surface area contributed by atoms with Crippen molar-refractivity contribution in [3.05, 3.63) is 29.5 Å². The molecule has 0 saturated carbocycles.